The molecule has 2 heterocycles. The summed E-state index contributed by atoms with van der Waals surface area (Å²) in [5.74, 6) is -2.56. The molecule has 0 aliphatic carbocycles. The summed E-state index contributed by atoms with van der Waals surface area (Å²) in [6.07, 6.45) is 0.720. The van der Waals surface area contributed by atoms with Crippen LogP contribution in [0.1, 0.15) is 33.6 Å². The molecule has 0 aromatic heterocycles. The van der Waals surface area contributed by atoms with Crippen molar-refractivity contribution < 1.29 is 24.3 Å². The maximum atomic E-state index is 12.8. The molecular weight excluding hydrogens is 380 g/mol. The zero-order chi connectivity index (χ0) is 21.9. The molecule has 2 rings (SSSR count). The molecule has 162 valence electrons. The lowest BCUT2D eigenvalue weighted by Gasteiger charge is -2.46. The van der Waals surface area contributed by atoms with Crippen LogP contribution in [0.15, 0.2) is 4.99 Å². The van der Waals surface area contributed by atoms with Gasteiger partial charge >= 0.3 is 12.0 Å². The molecule has 2 fully saturated rings. The van der Waals surface area contributed by atoms with Gasteiger partial charge in [-0.25, -0.2) is 14.5 Å². The first-order valence-corrected chi connectivity index (χ1v) is 9.64. The van der Waals surface area contributed by atoms with E-state index >= 15 is 0 Å². The number of hydrogen-bond donors (Lipinski definition) is 3. The number of aliphatic imine (C=N–C) groups is 1. The highest BCUT2D eigenvalue weighted by molar-refractivity contribution is 6.07. The van der Waals surface area contributed by atoms with Gasteiger partial charge in [0, 0.05) is 38.1 Å². The number of carboxylic acid groups (broad SMARTS) is 1. The minimum Gasteiger partial charge on any atom is -0.480 e. The van der Waals surface area contributed by atoms with Crippen molar-refractivity contribution in [1.29, 1.82) is 0 Å². The van der Waals surface area contributed by atoms with Crippen LogP contribution in [0.5, 0.6) is 0 Å². The molecule has 2 atom stereocenters. The number of rotatable bonds is 5. The first-order valence-electron chi connectivity index (χ1n) is 9.64. The number of aliphatic carboxylic acids is 1. The number of carboxylic acids is 1. The lowest BCUT2D eigenvalue weighted by molar-refractivity contribution is -0.167. The Labute approximate surface area is 169 Å². The molecule has 5 N–H and O–H groups in total. The fourth-order valence-corrected chi connectivity index (χ4v) is 3.57. The summed E-state index contributed by atoms with van der Waals surface area (Å²) < 4.78 is 0. The molecule has 0 spiro atoms. The summed E-state index contributed by atoms with van der Waals surface area (Å²) in [5.41, 5.74) is 9.96. The number of likely N-dealkylation sites (tertiary alicyclic amines) is 1. The number of urea groups is 1. The molecule has 11 nitrogen and oxygen atoms in total. The van der Waals surface area contributed by atoms with E-state index in [1.807, 2.05) is 20.8 Å². The van der Waals surface area contributed by atoms with Gasteiger partial charge in [0.15, 0.2) is 12.0 Å². The lowest BCUT2D eigenvalue weighted by atomic mass is 9.84. The SMILES string of the molecule is CC(C)(C)C(=O)N1CCN(C(=O)N2C(=O)[C@H](CCCN=C(N)N)[C@H]2C(=O)O)CC1. The van der Waals surface area contributed by atoms with Crippen molar-refractivity contribution in [1.82, 2.24) is 14.7 Å². The highest BCUT2D eigenvalue weighted by atomic mass is 16.4. The molecule has 29 heavy (non-hydrogen) atoms. The van der Waals surface area contributed by atoms with E-state index in [0.717, 1.165) is 4.90 Å². The Hall–Kier alpha value is -2.85. The van der Waals surface area contributed by atoms with Gasteiger partial charge in [0.05, 0.1) is 5.92 Å². The quantitative estimate of drug-likeness (QED) is 0.233. The van der Waals surface area contributed by atoms with Gasteiger partial charge in [0.1, 0.15) is 0 Å². The van der Waals surface area contributed by atoms with Crippen molar-refractivity contribution in [3.05, 3.63) is 0 Å². The summed E-state index contributed by atoms with van der Waals surface area (Å²) in [6.45, 7) is 6.99. The molecule has 0 saturated carbocycles. The largest absolute Gasteiger partial charge is 0.480 e. The number of piperazine rings is 1. The van der Waals surface area contributed by atoms with Gasteiger partial charge in [-0.3, -0.25) is 14.6 Å². The van der Waals surface area contributed by atoms with Crippen LogP contribution < -0.4 is 11.5 Å². The third kappa shape index (κ3) is 4.96. The van der Waals surface area contributed by atoms with Crippen molar-refractivity contribution in [3.8, 4) is 0 Å². The van der Waals surface area contributed by atoms with E-state index in [1.54, 1.807) is 4.90 Å². The number of hydrogen-bond acceptors (Lipinski definition) is 5. The zero-order valence-electron chi connectivity index (χ0n) is 17.1. The molecule has 0 radical (unpaired) electrons. The molecule has 2 aliphatic heterocycles. The normalized spacial score (nSPS) is 22.2. The first kappa shape index (κ1) is 22.4. The van der Waals surface area contributed by atoms with Gasteiger partial charge in [-0.1, -0.05) is 20.8 Å². The van der Waals surface area contributed by atoms with Crippen molar-refractivity contribution in [2.24, 2.45) is 27.8 Å². The Kier molecular flexibility index (Phi) is 6.70. The van der Waals surface area contributed by atoms with E-state index in [9.17, 15) is 24.3 Å². The highest BCUT2D eigenvalue weighted by Gasteiger charge is 2.55. The zero-order valence-corrected chi connectivity index (χ0v) is 17.1. The van der Waals surface area contributed by atoms with Gasteiger partial charge in [-0.05, 0) is 12.8 Å². The van der Waals surface area contributed by atoms with E-state index in [-0.39, 0.29) is 37.9 Å². The van der Waals surface area contributed by atoms with Gasteiger partial charge < -0.3 is 26.4 Å². The Morgan fingerprint density at radius 1 is 1.10 bits per heavy atom. The number of guanidine groups is 1. The third-order valence-corrected chi connectivity index (χ3v) is 5.12. The van der Waals surface area contributed by atoms with Crippen molar-refractivity contribution in [2.75, 3.05) is 32.7 Å². The summed E-state index contributed by atoms with van der Waals surface area (Å²) in [6, 6.07) is -1.81. The van der Waals surface area contributed by atoms with Gasteiger partial charge in [-0.15, -0.1) is 0 Å². The first-order chi connectivity index (χ1) is 13.4. The Bertz CT molecular complexity index is 704. The molecule has 11 heteroatoms. The summed E-state index contributed by atoms with van der Waals surface area (Å²) in [5, 5.41) is 9.50. The number of nitrogens with zero attached hydrogens (tertiary/aromatic N) is 4. The number of carbonyl (C=O) groups excluding carboxylic acids is 3. The van der Waals surface area contributed by atoms with Crippen LogP contribution in [0.4, 0.5) is 4.79 Å². The van der Waals surface area contributed by atoms with E-state index in [4.69, 9.17) is 11.5 Å². The number of amides is 4. The average Bonchev–Trinajstić information content (AvgIpc) is 2.63. The van der Waals surface area contributed by atoms with Gasteiger partial charge in [0.2, 0.25) is 11.8 Å². The summed E-state index contributed by atoms with van der Waals surface area (Å²) in [7, 11) is 0. The van der Waals surface area contributed by atoms with Crippen LogP contribution in [0, 0.1) is 11.3 Å². The molecule has 0 bridgehead atoms. The third-order valence-electron chi connectivity index (χ3n) is 5.12. The number of carbonyl (C=O) groups is 4. The maximum absolute atomic E-state index is 12.8. The predicted molar refractivity (Wildman–Crippen MR) is 105 cm³/mol. The van der Waals surface area contributed by atoms with E-state index in [1.165, 1.54) is 4.90 Å². The molecule has 0 aromatic carbocycles. The molecule has 0 unspecified atom stereocenters. The van der Waals surface area contributed by atoms with E-state index < -0.39 is 35.3 Å². The fraction of sp³-hybridized carbons (Fsp3) is 0.722. The predicted octanol–water partition coefficient (Wildman–Crippen LogP) is -0.738. The van der Waals surface area contributed by atoms with Crippen molar-refractivity contribution >= 4 is 29.8 Å². The van der Waals surface area contributed by atoms with Crippen LogP contribution in [0.3, 0.4) is 0 Å². The topological polar surface area (TPSA) is 163 Å². The second-order valence-electron chi connectivity index (χ2n) is 8.36. The molecule has 4 amide bonds. The Balaban J connectivity index is 1.95. The van der Waals surface area contributed by atoms with E-state index in [2.05, 4.69) is 4.99 Å². The summed E-state index contributed by atoms with van der Waals surface area (Å²) in [4.78, 5) is 56.9. The number of β-lactam (4-membered cyclic amide) rings is 1. The summed E-state index contributed by atoms with van der Waals surface area (Å²) >= 11 is 0. The van der Waals surface area contributed by atoms with Crippen molar-refractivity contribution in [2.45, 2.75) is 39.7 Å². The van der Waals surface area contributed by atoms with Crippen LogP contribution in [0.2, 0.25) is 0 Å². The standard InChI is InChI=1S/C18H30N6O5/c1-18(2,3)15(28)22-7-9-23(10-8-22)17(29)24-12(14(26)27)11(13(24)25)5-4-6-21-16(19)20/h11-12H,4-10H2,1-3H3,(H,26,27)(H4,19,20,21)/t11-,12+/m1/s1. The molecule has 2 saturated heterocycles. The smallest absolute Gasteiger partial charge is 0.327 e. The number of nitrogens with two attached hydrogens (primary N) is 2. The average molecular weight is 410 g/mol. The molecular formula is C18H30N6O5. The van der Waals surface area contributed by atoms with Crippen molar-refractivity contribution in [3.63, 3.8) is 0 Å². The van der Waals surface area contributed by atoms with Crippen LogP contribution >= 0.6 is 0 Å². The second kappa shape index (κ2) is 8.66. The molecule has 2 aliphatic rings. The van der Waals surface area contributed by atoms with Crippen LogP contribution in [0.25, 0.3) is 0 Å². The van der Waals surface area contributed by atoms with Gasteiger partial charge in [-0.2, -0.15) is 0 Å². The highest BCUT2D eigenvalue weighted by Crippen LogP contribution is 2.32. The Morgan fingerprint density at radius 3 is 2.14 bits per heavy atom. The second-order valence-corrected chi connectivity index (χ2v) is 8.36. The lowest BCUT2D eigenvalue weighted by Crippen LogP contribution is -2.69. The van der Waals surface area contributed by atoms with Crippen LogP contribution in [-0.4, -0.2) is 88.3 Å². The minimum absolute atomic E-state index is 0.00567. The molecule has 0 aromatic rings. The minimum atomic E-state index is -1.22. The number of imide groups is 1. The van der Waals surface area contributed by atoms with E-state index in [0.29, 0.717) is 19.5 Å². The fourth-order valence-electron chi connectivity index (χ4n) is 3.57. The van der Waals surface area contributed by atoms with Gasteiger partial charge in [0.25, 0.3) is 0 Å². The Morgan fingerprint density at radius 2 is 1.66 bits per heavy atom. The monoisotopic (exact) mass is 410 g/mol. The van der Waals surface area contributed by atoms with Crippen LogP contribution in [-0.2, 0) is 14.4 Å². The maximum Gasteiger partial charge on any atom is 0.327 e.